The summed E-state index contributed by atoms with van der Waals surface area (Å²) < 4.78 is 10.8. The van der Waals surface area contributed by atoms with E-state index in [2.05, 4.69) is 6.58 Å². The van der Waals surface area contributed by atoms with Gasteiger partial charge in [-0.25, -0.2) is 4.79 Å². The van der Waals surface area contributed by atoms with Crippen LogP contribution in [0, 0.1) is 0 Å². The zero-order valence-electron chi connectivity index (χ0n) is 14.2. The number of aliphatic hydroxyl groups is 1. The van der Waals surface area contributed by atoms with Crippen LogP contribution in [0.25, 0.3) is 0 Å². The number of para-hydroxylation sites is 1. The summed E-state index contributed by atoms with van der Waals surface area (Å²) in [6.07, 6.45) is -0.746. The van der Waals surface area contributed by atoms with Gasteiger partial charge in [0.05, 0.1) is 11.7 Å². The lowest BCUT2D eigenvalue weighted by molar-refractivity contribution is -0.130. The second kappa shape index (κ2) is 8.26. The molecule has 5 nitrogen and oxygen atoms in total. The van der Waals surface area contributed by atoms with Crippen molar-refractivity contribution < 1.29 is 24.2 Å². The summed E-state index contributed by atoms with van der Waals surface area (Å²) >= 11 is 0. The standard InChI is InChI=1S/C20H20O5/c1-13(2)20(23)25-17-11-7-10-16(19(17)24-12-14(3)21)18(22)15-8-5-4-6-9-15/h4-11,14,21H,1,12H2,2-3H3. The van der Waals surface area contributed by atoms with E-state index < -0.39 is 12.1 Å². The van der Waals surface area contributed by atoms with Crippen molar-refractivity contribution in [2.24, 2.45) is 0 Å². The first kappa shape index (κ1) is 18.4. The van der Waals surface area contributed by atoms with Gasteiger partial charge in [0.1, 0.15) is 6.61 Å². The molecule has 25 heavy (non-hydrogen) atoms. The number of ketones is 1. The van der Waals surface area contributed by atoms with Crippen molar-refractivity contribution in [3.63, 3.8) is 0 Å². The number of aliphatic hydroxyl groups excluding tert-OH is 1. The highest BCUT2D eigenvalue weighted by atomic mass is 16.6. The Morgan fingerprint density at radius 2 is 1.80 bits per heavy atom. The van der Waals surface area contributed by atoms with Crippen LogP contribution in [0.5, 0.6) is 11.5 Å². The number of esters is 1. The van der Waals surface area contributed by atoms with Crippen LogP contribution < -0.4 is 9.47 Å². The average molecular weight is 340 g/mol. The van der Waals surface area contributed by atoms with Gasteiger partial charge in [0.2, 0.25) is 0 Å². The quantitative estimate of drug-likeness (QED) is 0.363. The molecule has 0 saturated carbocycles. The summed E-state index contributed by atoms with van der Waals surface area (Å²) in [5.74, 6) is -0.664. The molecule has 1 unspecified atom stereocenters. The van der Waals surface area contributed by atoms with E-state index in [0.717, 1.165) is 0 Å². The molecule has 0 spiro atoms. The van der Waals surface area contributed by atoms with Crippen LogP contribution in [0.4, 0.5) is 0 Å². The van der Waals surface area contributed by atoms with Gasteiger partial charge in [-0.15, -0.1) is 0 Å². The highest BCUT2D eigenvalue weighted by Crippen LogP contribution is 2.33. The Labute approximate surface area is 146 Å². The number of hydrogen-bond donors (Lipinski definition) is 1. The average Bonchev–Trinajstić information content (AvgIpc) is 2.60. The topological polar surface area (TPSA) is 72.8 Å². The predicted molar refractivity (Wildman–Crippen MR) is 93.9 cm³/mol. The molecule has 0 fully saturated rings. The second-order valence-corrected chi connectivity index (χ2v) is 5.66. The third-order valence-corrected chi connectivity index (χ3v) is 3.28. The van der Waals surface area contributed by atoms with Crippen molar-refractivity contribution >= 4 is 11.8 Å². The first-order valence-corrected chi connectivity index (χ1v) is 7.81. The Kier molecular flexibility index (Phi) is 6.08. The Hall–Kier alpha value is -2.92. The summed E-state index contributed by atoms with van der Waals surface area (Å²) in [5, 5.41) is 9.49. The lowest BCUT2D eigenvalue weighted by Crippen LogP contribution is -2.17. The fourth-order valence-electron chi connectivity index (χ4n) is 2.06. The maximum absolute atomic E-state index is 12.8. The predicted octanol–water partition coefficient (Wildman–Crippen LogP) is 3.16. The lowest BCUT2D eigenvalue weighted by atomic mass is 10.0. The summed E-state index contributed by atoms with van der Waals surface area (Å²) in [6.45, 7) is 6.58. The van der Waals surface area contributed by atoms with Crippen LogP contribution in [-0.4, -0.2) is 29.6 Å². The van der Waals surface area contributed by atoms with Crippen molar-refractivity contribution in [3.05, 3.63) is 71.8 Å². The van der Waals surface area contributed by atoms with Crippen molar-refractivity contribution in [2.75, 3.05) is 6.61 Å². The van der Waals surface area contributed by atoms with Gasteiger partial charge in [-0.05, 0) is 26.0 Å². The van der Waals surface area contributed by atoms with Gasteiger partial charge in [0.25, 0.3) is 0 Å². The van der Waals surface area contributed by atoms with E-state index in [1.54, 1.807) is 43.3 Å². The molecule has 2 aromatic rings. The zero-order valence-corrected chi connectivity index (χ0v) is 14.2. The van der Waals surface area contributed by atoms with Crippen molar-refractivity contribution in [1.82, 2.24) is 0 Å². The van der Waals surface area contributed by atoms with E-state index in [1.807, 2.05) is 6.07 Å². The minimum atomic E-state index is -0.746. The van der Waals surface area contributed by atoms with Crippen LogP contribution >= 0.6 is 0 Å². The summed E-state index contributed by atoms with van der Waals surface area (Å²) in [6, 6.07) is 13.4. The minimum Gasteiger partial charge on any atom is -0.486 e. The fourth-order valence-corrected chi connectivity index (χ4v) is 2.06. The molecular formula is C20H20O5. The molecule has 130 valence electrons. The van der Waals surface area contributed by atoms with Crippen molar-refractivity contribution in [1.29, 1.82) is 0 Å². The number of ether oxygens (including phenoxy) is 2. The highest BCUT2D eigenvalue weighted by Gasteiger charge is 2.21. The lowest BCUT2D eigenvalue weighted by Gasteiger charge is -2.16. The van der Waals surface area contributed by atoms with Crippen LogP contribution in [0.1, 0.15) is 29.8 Å². The zero-order chi connectivity index (χ0) is 18.4. The first-order valence-electron chi connectivity index (χ1n) is 7.81. The Bertz CT molecular complexity index is 778. The summed E-state index contributed by atoms with van der Waals surface area (Å²) in [4.78, 5) is 24.6. The maximum atomic E-state index is 12.8. The number of hydrogen-bond acceptors (Lipinski definition) is 5. The van der Waals surface area contributed by atoms with E-state index in [1.165, 1.54) is 13.0 Å². The van der Waals surface area contributed by atoms with Gasteiger partial charge < -0.3 is 14.6 Å². The van der Waals surface area contributed by atoms with Crippen LogP contribution in [-0.2, 0) is 4.79 Å². The molecule has 1 N–H and O–H groups in total. The van der Waals surface area contributed by atoms with Gasteiger partial charge in [-0.3, -0.25) is 4.79 Å². The molecular weight excluding hydrogens is 320 g/mol. The molecule has 5 heteroatoms. The van der Waals surface area contributed by atoms with Crippen molar-refractivity contribution in [3.8, 4) is 11.5 Å². The SMILES string of the molecule is C=C(C)C(=O)Oc1cccc(C(=O)c2ccccc2)c1OCC(C)O. The first-order chi connectivity index (χ1) is 11.9. The number of benzene rings is 2. The molecule has 2 aromatic carbocycles. The third kappa shape index (κ3) is 4.78. The normalized spacial score (nSPS) is 11.5. The molecule has 0 saturated heterocycles. The smallest absolute Gasteiger partial charge is 0.338 e. The van der Waals surface area contributed by atoms with Gasteiger partial charge in [-0.2, -0.15) is 0 Å². The second-order valence-electron chi connectivity index (χ2n) is 5.66. The highest BCUT2D eigenvalue weighted by molar-refractivity contribution is 6.11. The number of carbonyl (C=O) groups excluding carboxylic acids is 2. The molecule has 0 aliphatic rings. The van der Waals surface area contributed by atoms with Gasteiger partial charge in [0, 0.05) is 11.1 Å². The van der Waals surface area contributed by atoms with Crippen LogP contribution in [0.15, 0.2) is 60.7 Å². The van der Waals surface area contributed by atoms with E-state index in [4.69, 9.17) is 9.47 Å². The van der Waals surface area contributed by atoms with E-state index in [-0.39, 0.29) is 35.0 Å². The van der Waals surface area contributed by atoms with E-state index in [0.29, 0.717) is 5.56 Å². The monoisotopic (exact) mass is 340 g/mol. The van der Waals surface area contributed by atoms with Gasteiger partial charge in [-0.1, -0.05) is 43.0 Å². The molecule has 2 rings (SSSR count). The Morgan fingerprint density at radius 3 is 2.40 bits per heavy atom. The fraction of sp³-hybridized carbons (Fsp3) is 0.200. The molecule has 0 aromatic heterocycles. The third-order valence-electron chi connectivity index (χ3n) is 3.28. The Morgan fingerprint density at radius 1 is 1.12 bits per heavy atom. The maximum Gasteiger partial charge on any atom is 0.338 e. The largest absolute Gasteiger partial charge is 0.486 e. The van der Waals surface area contributed by atoms with E-state index in [9.17, 15) is 14.7 Å². The van der Waals surface area contributed by atoms with E-state index >= 15 is 0 Å². The molecule has 0 amide bonds. The minimum absolute atomic E-state index is 0.0449. The van der Waals surface area contributed by atoms with Gasteiger partial charge >= 0.3 is 5.97 Å². The molecule has 0 heterocycles. The van der Waals surface area contributed by atoms with Crippen LogP contribution in [0.2, 0.25) is 0 Å². The molecule has 1 atom stereocenters. The molecule has 0 aliphatic carbocycles. The van der Waals surface area contributed by atoms with Crippen LogP contribution in [0.3, 0.4) is 0 Å². The van der Waals surface area contributed by atoms with Gasteiger partial charge in [0.15, 0.2) is 17.3 Å². The summed E-state index contributed by atoms with van der Waals surface area (Å²) in [5.41, 5.74) is 0.952. The molecule has 0 bridgehead atoms. The number of rotatable bonds is 7. The Balaban J connectivity index is 2.45. The molecule has 0 aliphatic heterocycles. The number of carbonyl (C=O) groups is 2. The summed E-state index contributed by atoms with van der Waals surface area (Å²) in [7, 11) is 0. The molecule has 0 radical (unpaired) electrons. The van der Waals surface area contributed by atoms with Crippen molar-refractivity contribution in [2.45, 2.75) is 20.0 Å².